The van der Waals surface area contributed by atoms with E-state index >= 15 is 0 Å². The second-order valence-corrected chi connectivity index (χ2v) is 4.05. The first-order valence-electron chi connectivity index (χ1n) is 5.37. The van der Waals surface area contributed by atoms with Crippen LogP contribution >= 0.6 is 0 Å². The van der Waals surface area contributed by atoms with Crippen LogP contribution < -0.4 is 11.1 Å². The van der Waals surface area contributed by atoms with Crippen molar-refractivity contribution in [3.05, 3.63) is 24.0 Å². The van der Waals surface area contributed by atoms with Gasteiger partial charge in [-0.3, -0.25) is 4.98 Å². The number of nitrogen functional groups attached to an aromatic ring is 1. The van der Waals surface area contributed by atoms with E-state index in [0.29, 0.717) is 12.1 Å². The van der Waals surface area contributed by atoms with Crippen molar-refractivity contribution in [2.75, 3.05) is 12.3 Å². The molecule has 1 aliphatic rings. The van der Waals surface area contributed by atoms with Gasteiger partial charge in [0.05, 0.1) is 6.10 Å². The van der Waals surface area contributed by atoms with Crippen molar-refractivity contribution in [1.82, 2.24) is 10.3 Å². The number of anilines is 1. The van der Waals surface area contributed by atoms with E-state index in [0.717, 1.165) is 24.9 Å². The zero-order valence-electron chi connectivity index (χ0n) is 8.69. The predicted octanol–water partition coefficient (Wildman–Crippen LogP) is 0.319. The molecular weight excluding hydrogens is 190 g/mol. The molecule has 1 fully saturated rings. The normalized spacial score (nSPS) is 22.9. The van der Waals surface area contributed by atoms with Crippen molar-refractivity contribution in [3.63, 3.8) is 0 Å². The molecule has 0 bridgehead atoms. The molecular formula is C11H17N3O. The average Bonchev–Trinajstić information content (AvgIpc) is 2.74. The van der Waals surface area contributed by atoms with E-state index in [1.807, 2.05) is 0 Å². The highest BCUT2D eigenvalue weighted by Crippen LogP contribution is 2.16. The number of hydrogen-bond donors (Lipinski definition) is 3. The minimum Gasteiger partial charge on any atom is -0.398 e. The topological polar surface area (TPSA) is 71.2 Å². The van der Waals surface area contributed by atoms with Gasteiger partial charge in [0.2, 0.25) is 0 Å². The summed E-state index contributed by atoms with van der Waals surface area (Å²) in [6.07, 6.45) is 5.80. The second kappa shape index (κ2) is 4.59. The number of pyridine rings is 1. The van der Waals surface area contributed by atoms with E-state index in [2.05, 4.69) is 10.3 Å². The first kappa shape index (κ1) is 10.4. The van der Waals surface area contributed by atoms with Crippen LogP contribution in [0.3, 0.4) is 0 Å². The quantitative estimate of drug-likeness (QED) is 0.667. The second-order valence-electron chi connectivity index (χ2n) is 4.05. The van der Waals surface area contributed by atoms with Crippen molar-refractivity contribution < 1.29 is 5.11 Å². The lowest BCUT2D eigenvalue weighted by Gasteiger charge is -2.18. The van der Waals surface area contributed by atoms with Crippen molar-refractivity contribution in [2.45, 2.75) is 31.4 Å². The summed E-state index contributed by atoms with van der Waals surface area (Å²) >= 11 is 0. The smallest absolute Gasteiger partial charge is 0.0734 e. The number of nitrogens with one attached hydrogen (secondary N) is 1. The van der Waals surface area contributed by atoms with Gasteiger partial charge in [-0.1, -0.05) is 0 Å². The maximum absolute atomic E-state index is 9.98. The molecule has 0 aromatic carbocycles. The summed E-state index contributed by atoms with van der Waals surface area (Å²) in [5, 5.41) is 13.3. The maximum atomic E-state index is 9.98. The number of nitrogens with two attached hydrogens (primary N) is 1. The van der Waals surface area contributed by atoms with Gasteiger partial charge in [0.1, 0.15) is 0 Å². The summed E-state index contributed by atoms with van der Waals surface area (Å²) in [4.78, 5) is 4.01. The Morgan fingerprint density at radius 3 is 3.20 bits per heavy atom. The third kappa shape index (κ3) is 2.46. The summed E-state index contributed by atoms with van der Waals surface area (Å²) in [6, 6.07) is 1.98. The Bertz CT molecular complexity index is 323. The van der Waals surface area contributed by atoms with Crippen molar-refractivity contribution in [1.29, 1.82) is 0 Å². The number of aliphatic hydroxyl groups excluding tert-OH is 1. The van der Waals surface area contributed by atoms with E-state index < -0.39 is 0 Å². The highest BCUT2D eigenvalue weighted by Gasteiger charge is 2.23. The zero-order chi connectivity index (χ0) is 10.7. The van der Waals surface area contributed by atoms with Crippen LogP contribution in [-0.4, -0.2) is 28.8 Å². The van der Waals surface area contributed by atoms with Gasteiger partial charge in [0.25, 0.3) is 0 Å². The van der Waals surface area contributed by atoms with Crippen LogP contribution in [0, 0.1) is 0 Å². The molecule has 1 aromatic rings. The Morgan fingerprint density at radius 1 is 1.67 bits per heavy atom. The number of hydrogen-bond acceptors (Lipinski definition) is 4. The molecule has 4 nitrogen and oxygen atoms in total. The van der Waals surface area contributed by atoms with Gasteiger partial charge in [-0.25, -0.2) is 0 Å². The minimum absolute atomic E-state index is 0.213. The van der Waals surface area contributed by atoms with Gasteiger partial charge in [-0.15, -0.1) is 0 Å². The van der Waals surface area contributed by atoms with E-state index in [9.17, 15) is 5.11 Å². The third-order valence-electron chi connectivity index (χ3n) is 2.93. The van der Waals surface area contributed by atoms with E-state index in [1.165, 1.54) is 0 Å². The summed E-state index contributed by atoms with van der Waals surface area (Å²) in [6.45, 7) is 1.00. The van der Waals surface area contributed by atoms with Gasteiger partial charge < -0.3 is 16.2 Å². The molecule has 0 amide bonds. The van der Waals surface area contributed by atoms with Gasteiger partial charge >= 0.3 is 0 Å². The summed E-state index contributed by atoms with van der Waals surface area (Å²) in [5.41, 5.74) is 7.44. The van der Waals surface area contributed by atoms with Crippen LogP contribution in [0.25, 0.3) is 0 Å². The molecule has 0 saturated carbocycles. The Labute approximate surface area is 89.5 Å². The van der Waals surface area contributed by atoms with E-state index in [4.69, 9.17) is 5.73 Å². The molecule has 2 heterocycles. The third-order valence-corrected chi connectivity index (χ3v) is 2.93. The standard InChI is InChI=1S/C11H17N3O/c12-9-3-5-13-7-8(9)6-11(15)10-2-1-4-14-10/h3,5,7,10-11,14-15H,1-2,4,6H2,(H2,12,13). The highest BCUT2D eigenvalue weighted by atomic mass is 16.3. The number of nitrogens with zero attached hydrogens (tertiary/aromatic N) is 1. The molecule has 4 heteroatoms. The Balaban J connectivity index is 1.99. The number of aromatic nitrogens is 1. The number of aliphatic hydroxyl groups is 1. The molecule has 1 aromatic heterocycles. The van der Waals surface area contributed by atoms with Crippen LogP contribution in [0.1, 0.15) is 18.4 Å². The van der Waals surface area contributed by atoms with E-state index in [-0.39, 0.29) is 12.1 Å². The predicted molar refractivity (Wildman–Crippen MR) is 59.4 cm³/mol. The molecule has 15 heavy (non-hydrogen) atoms. The molecule has 2 rings (SSSR count). The van der Waals surface area contributed by atoms with Gasteiger partial charge in [-0.05, 0) is 31.0 Å². The monoisotopic (exact) mass is 207 g/mol. The van der Waals surface area contributed by atoms with Crippen LogP contribution in [-0.2, 0) is 6.42 Å². The van der Waals surface area contributed by atoms with Crippen LogP contribution in [0.15, 0.2) is 18.5 Å². The molecule has 4 N–H and O–H groups in total. The summed E-state index contributed by atoms with van der Waals surface area (Å²) < 4.78 is 0. The molecule has 1 saturated heterocycles. The van der Waals surface area contributed by atoms with Crippen molar-refractivity contribution >= 4 is 5.69 Å². The lowest BCUT2D eigenvalue weighted by atomic mass is 10.0. The summed E-state index contributed by atoms with van der Waals surface area (Å²) in [5.74, 6) is 0. The maximum Gasteiger partial charge on any atom is 0.0734 e. The SMILES string of the molecule is Nc1ccncc1CC(O)C1CCCN1. The molecule has 2 atom stereocenters. The Morgan fingerprint density at radius 2 is 2.53 bits per heavy atom. The lowest BCUT2D eigenvalue weighted by molar-refractivity contribution is 0.136. The Hall–Kier alpha value is -1.13. The first-order chi connectivity index (χ1) is 7.27. The molecule has 0 radical (unpaired) electrons. The van der Waals surface area contributed by atoms with E-state index in [1.54, 1.807) is 18.5 Å². The molecule has 0 aliphatic carbocycles. The molecule has 82 valence electrons. The fourth-order valence-corrected chi connectivity index (χ4v) is 2.02. The van der Waals surface area contributed by atoms with Crippen molar-refractivity contribution in [3.8, 4) is 0 Å². The van der Waals surface area contributed by atoms with Crippen LogP contribution in [0.2, 0.25) is 0 Å². The van der Waals surface area contributed by atoms with Crippen LogP contribution in [0.5, 0.6) is 0 Å². The molecule has 1 aliphatic heterocycles. The molecule has 0 spiro atoms. The first-order valence-corrected chi connectivity index (χ1v) is 5.37. The van der Waals surface area contributed by atoms with Gasteiger partial charge in [0.15, 0.2) is 0 Å². The minimum atomic E-state index is -0.362. The summed E-state index contributed by atoms with van der Waals surface area (Å²) in [7, 11) is 0. The van der Waals surface area contributed by atoms with Gasteiger partial charge in [0, 0.05) is 30.5 Å². The average molecular weight is 207 g/mol. The zero-order valence-corrected chi connectivity index (χ0v) is 8.69. The van der Waals surface area contributed by atoms with Crippen molar-refractivity contribution in [2.24, 2.45) is 0 Å². The number of rotatable bonds is 3. The van der Waals surface area contributed by atoms with Crippen LogP contribution in [0.4, 0.5) is 5.69 Å². The van der Waals surface area contributed by atoms with Gasteiger partial charge in [-0.2, -0.15) is 0 Å². The lowest BCUT2D eigenvalue weighted by Crippen LogP contribution is -2.36. The molecule has 2 unspecified atom stereocenters. The fraction of sp³-hybridized carbons (Fsp3) is 0.545. The highest BCUT2D eigenvalue weighted by molar-refractivity contribution is 5.44. The Kier molecular flexibility index (Phi) is 3.18. The fourth-order valence-electron chi connectivity index (χ4n) is 2.02. The largest absolute Gasteiger partial charge is 0.398 e.